The highest BCUT2D eigenvalue weighted by molar-refractivity contribution is 7.98. The molecular formula is C18H25N5O2S. The van der Waals surface area contributed by atoms with Gasteiger partial charge in [-0.05, 0) is 24.6 Å². The summed E-state index contributed by atoms with van der Waals surface area (Å²) in [5, 5.41) is 9.69. The molecule has 7 nitrogen and oxygen atoms in total. The molecule has 0 unspecified atom stereocenters. The molecular weight excluding hydrogens is 350 g/mol. The summed E-state index contributed by atoms with van der Waals surface area (Å²) >= 11 is 1.67. The topological polar surface area (TPSA) is 63.5 Å². The first-order valence-electron chi connectivity index (χ1n) is 8.79. The summed E-state index contributed by atoms with van der Waals surface area (Å²) in [4.78, 5) is 15.8. The minimum absolute atomic E-state index is 0.0186. The van der Waals surface area contributed by atoms with Crippen molar-refractivity contribution in [3.8, 4) is 0 Å². The Morgan fingerprint density at radius 3 is 2.50 bits per heavy atom. The number of anilines is 1. The van der Waals surface area contributed by atoms with Gasteiger partial charge in [0.2, 0.25) is 5.95 Å². The molecule has 8 heteroatoms. The SMILES string of the molecule is CCn1c(SCc2ccc(C(=O)N(C)C)cc2)nnc1N1CCOCC1. The minimum Gasteiger partial charge on any atom is -0.378 e. The third-order valence-electron chi connectivity index (χ3n) is 4.28. The Balaban J connectivity index is 1.66. The number of thioether (sulfide) groups is 1. The fraction of sp³-hybridized carbons (Fsp3) is 0.500. The van der Waals surface area contributed by atoms with E-state index in [1.54, 1.807) is 30.8 Å². The van der Waals surface area contributed by atoms with Gasteiger partial charge in [-0.3, -0.25) is 9.36 Å². The first-order valence-corrected chi connectivity index (χ1v) is 9.78. The van der Waals surface area contributed by atoms with Crippen molar-refractivity contribution < 1.29 is 9.53 Å². The van der Waals surface area contributed by atoms with Crippen molar-refractivity contribution in [2.45, 2.75) is 24.4 Å². The number of hydrogen-bond donors (Lipinski definition) is 0. The van der Waals surface area contributed by atoms with Gasteiger partial charge in [-0.1, -0.05) is 23.9 Å². The molecule has 3 rings (SSSR count). The maximum atomic E-state index is 12.0. The van der Waals surface area contributed by atoms with E-state index in [0.717, 1.165) is 55.3 Å². The van der Waals surface area contributed by atoms with Gasteiger partial charge in [0.05, 0.1) is 13.2 Å². The van der Waals surface area contributed by atoms with E-state index in [-0.39, 0.29) is 5.91 Å². The Labute approximate surface area is 158 Å². The van der Waals surface area contributed by atoms with Gasteiger partial charge >= 0.3 is 0 Å². The van der Waals surface area contributed by atoms with Crippen LogP contribution in [0.1, 0.15) is 22.8 Å². The second-order valence-electron chi connectivity index (χ2n) is 6.31. The van der Waals surface area contributed by atoms with E-state index in [2.05, 4.69) is 26.6 Å². The average molecular weight is 375 g/mol. The van der Waals surface area contributed by atoms with Gasteiger partial charge in [0.15, 0.2) is 5.16 Å². The van der Waals surface area contributed by atoms with Crippen LogP contribution in [0.15, 0.2) is 29.4 Å². The zero-order valence-electron chi connectivity index (χ0n) is 15.5. The molecule has 0 atom stereocenters. The molecule has 1 amide bonds. The van der Waals surface area contributed by atoms with Crippen LogP contribution in [0.4, 0.5) is 5.95 Å². The quantitative estimate of drug-likeness (QED) is 0.721. The van der Waals surface area contributed by atoms with E-state index in [9.17, 15) is 4.79 Å². The molecule has 1 fully saturated rings. The summed E-state index contributed by atoms with van der Waals surface area (Å²) in [6, 6.07) is 7.75. The van der Waals surface area contributed by atoms with Crippen molar-refractivity contribution in [3.63, 3.8) is 0 Å². The maximum Gasteiger partial charge on any atom is 0.253 e. The molecule has 0 bridgehead atoms. The van der Waals surface area contributed by atoms with Crippen LogP contribution in [-0.4, -0.2) is 66.0 Å². The number of rotatable bonds is 6. The summed E-state index contributed by atoms with van der Waals surface area (Å²) in [6.45, 7) is 6.11. The smallest absolute Gasteiger partial charge is 0.253 e. The van der Waals surface area contributed by atoms with E-state index in [4.69, 9.17) is 4.74 Å². The van der Waals surface area contributed by atoms with E-state index < -0.39 is 0 Å². The highest BCUT2D eigenvalue weighted by atomic mass is 32.2. The van der Waals surface area contributed by atoms with Crippen molar-refractivity contribution >= 4 is 23.6 Å². The molecule has 0 radical (unpaired) electrons. The van der Waals surface area contributed by atoms with Crippen LogP contribution in [0.3, 0.4) is 0 Å². The van der Waals surface area contributed by atoms with Gasteiger partial charge in [-0.15, -0.1) is 10.2 Å². The van der Waals surface area contributed by atoms with E-state index in [1.165, 1.54) is 0 Å². The van der Waals surface area contributed by atoms with Crippen molar-refractivity contribution in [3.05, 3.63) is 35.4 Å². The molecule has 2 aromatic rings. The Morgan fingerprint density at radius 1 is 1.19 bits per heavy atom. The lowest BCUT2D eigenvalue weighted by atomic mass is 10.1. The maximum absolute atomic E-state index is 12.0. The van der Waals surface area contributed by atoms with Gasteiger partial charge in [0, 0.05) is 45.0 Å². The largest absolute Gasteiger partial charge is 0.378 e. The predicted molar refractivity (Wildman–Crippen MR) is 103 cm³/mol. The molecule has 0 spiro atoms. The van der Waals surface area contributed by atoms with Gasteiger partial charge in [-0.2, -0.15) is 0 Å². The number of carbonyl (C=O) groups is 1. The number of carbonyl (C=O) groups excluding carboxylic acids is 1. The number of morpholine rings is 1. The van der Waals surface area contributed by atoms with E-state index in [1.807, 2.05) is 24.3 Å². The van der Waals surface area contributed by atoms with Crippen molar-refractivity contribution in [2.75, 3.05) is 45.3 Å². The Bertz CT molecular complexity index is 739. The minimum atomic E-state index is 0.0186. The molecule has 26 heavy (non-hydrogen) atoms. The Morgan fingerprint density at radius 2 is 1.88 bits per heavy atom. The highest BCUT2D eigenvalue weighted by Crippen LogP contribution is 2.25. The predicted octanol–water partition coefficient (Wildman–Crippen LogP) is 2.13. The van der Waals surface area contributed by atoms with Gasteiger partial charge in [0.25, 0.3) is 5.91 Å². The molecule has 1 saturated heterocycles. The summed E-state index contributed by atoms with van der Waals surface area (Å²) in [5.41, 5.74) is 1.86. The fourth-order valence-electron chi connectivity index (χ4n) is 2.81. The van der Waals surface area contributed by atoms with Crippen LogP contribution in [0, 0.1) is 0 Å². The number of nitrogens with zero attached hydrogens (tertiary/aromatic N) is 5. The number of aromatic nitrogens is 3. The highest BCUT2D eigenvalue weighted by Gasteiger charge is 2.19. The number of benzene rings is 1. The number of amides is 1. The standard InChI is InChI=1S/C18H25N5O2S/c1-4-23-17(22-9-11-25-12-10-22)19-20-18(23)26-13-14-5-7-15(8-6-14)16(24)21(2)3/h5-8H,4,9-13H2,1-3H3. The molecule has 1 aromatic heterocycles. The molecule has 2 heterocycles. The zero-order valence-corrected chi connectivity index (χ0v) is 16.3. The molecule has 1 aliphatic rings. The Hall–Kier alpha value is -2.06. The number of ether oxygens (including phenoxy) is 1. The first-order chi connectivity index (χ1) is 12.6. The first kappa shape index (κ1) is 18.7. The van der Waals surface area contributed by atoms with Crippen LogP contribution in [-0.2, 0) is 17.0 Å². The van der Waals surface area contributed by atoms with Gasteiger partial charge < -0.3 is 14.5 Å². The third kappa shape index (κ3) is 4.19. The third-order valence-corrected chi connectivity index (χ3v) is 5.32. The molecule has 1 aliphatic heterocycles. The van der Waals surface area contributed by atoms with E-state index >= 15 is 0 Å². The lowest BCUT2D eigenvalue weighted by Crippen LogP contribution is -2.38. The van der Waals surface area contributed by atoms with Crippen molar-refractivity contribution in [1.82, 2.24) is 19.7 Å². The summed E-state index contributed by atoms with van der Waals surface area (Å²) in [7, 11) is 3.52. The number of hydrogen-bond acceptors (Lipinski definition) is 6. The normalized spacial score (nSPS) is 14.5. The lowest BCUT2D eigenvalue weighted by molar-refractivity contribution is 0.0827. The van der Waals surface area contributed by atoms with Crippen LogP contribution >= 0.6 is 11.8 Å². The summed E-state index contributed by atoms with van der Waals surface area (Å²) < 4.78 is 7.57. The van der Waals surface area contributed by atoms with Crippen LogP contribution in [0.5, 0.6) is 0 Å². The van der Waals surface area contributed by atoms with Gasteiger partial charge in [-0.25, -0.2) is 0 Å². The fourth-order valence-corrected chi connectivity index (χ4v) is 3.76. The van der Waals surface area contributed by atoms with Crippen molar-refractivity contribution in [1.29, 1.82) is 0 Å². The van der Waals surface area contributed by atoms with Gasteiger partial charge in [0.1, 0.15) is 0 Å². The lowest BCUT2D eigenvalue weighted by Gasteiger charge is -2.27. The molecule has 0 aliphatic carbocycles. The molecule has 1 aromatic carbocycles. The Kier molecular flexibility index (Phi) is 6.16. The molecule has 0 saturated carbocycles. The average Bonchev–Trinajstić information content (AvgIpc) is 3.09. The monoisotopic (exact) mass is 375 g/mol. The van der Waals surface area contributed by atoms with Crippen LogP contribution in [0.25, 0.3) is 0 Å². The van der Waals surface area contributed by atoms with Crippen LogP contribution in [0.2, 0.25) is 0 Å². The second-order valence-corrected chi connectivity index (χ2v) is 7.25. The zero-order chi connectivity index (χ0) is 18.5. The molecule has 0 N–H and O–H groups in total. The summed E-state index contributed by atoms with van der Waals surface area (Å²) in [6.07, 6.45) is 0. The van der Waals surface area contributed by atoms with E-state index in [0.29, 0.717) is 5.56 Å². The second kappa shape index (κ2) is 8.55. The summed E-state index contributed by atoms with van der Waals surface area (Å²) in [5.74, 6) is 1.73. The van der Waals surface area contributed by atoms with Crippen LogP contribution < -0.4 is 4.90 Å². The van der Waals surface area contributed by atoms with Crippen molar-refractivity contribution in [2.24, 2.45) is 0 Å². The molecule has 140 valence electrons.